The lowest BCUT2D eigenvalue weighted by Gasteiger charge is -2.08. The topological polar surface area (TPSA) is 52.6 Å². The molecule has 1 aromatic carbocycles. The first-order valence-electron chi connectivity index (χ1n) is 5.60. The second-order valence-corrected chi connectivity index (χ2v) is 4.29. The van der Waals surface area contributed by atoms with E-state index in [1.165, 1.54) is 14.2 Å². The molecule has 19 heavy (non-hydrogen) atoms. The summed E-state index contributed by atoms with van der Waals surface area (Å²) in [6.07, 6.45) is 1.33. The molecular formula is C14H15ClO4. The van der Waals surface area contributed by atoms with Crippen LogP contribution in [0.1, 0.15) is 11.1 Å². The van der Waals surface area contributed by atoms with Crippen molar-refractivity contribution in [1.82, 2.24) is 0 Å². The molecule has 0 spiro atoms. The number of carbonyl (C=O) groups excluding carboxylic acids is 2. The van der Waals surface area contributed by atoms with Gasteiger partial charge in [-0.05, 0) is 18.1 Å². The number of hydrogen-bond acceptors (Lipinski definition) is 4. The molecule has 0 unspecified atom stereocenters. The Kier molecular flexibility index (Phi) is 5.57. The molecule has 5 heteroatoms. The Balaban J connectivity index is 3.08. The molecule has 0 bridgehead atoms. The van der Waals surface area contributed by atoms with Crippen LogP contribution in [0, 0.1) is 6.92 Å². The molecule has 4 nitrogen and oxygen atoms in total. The summed E-state index contributed by atoms with van der Waals surface area (Å²) in [5, 5.41) is 0.571. The van der Waals surface area contributed by atoms with Crippen molar-refractivity contribution in [3.63, 3.8) is 0 Å². The summed E-state index contributed by atoms with van der Waals surface area (Å²) in [5.74, 6) is -1.19. The number of aryl methyl sites for hydroxylation is 1. The molecule has 0 amide bonds. The number of hydrogen-bond donors (Lipinski definition) is 0. The fourth-order valence-electron chi connectivity index (χ4n) is 1.56. The monoisotopic (exact) mass is 282 g/mol. The van der Waals surface area contributed by atoms with Gasteiger partial charge in [0.1, 0.15) is 0 Å². The van der Waals surface area contributed by atoms with E-state index in [1.54, 1.807) is 6.07 Å². The summed E-state index contributed by atoms with van der Waals surface area (Å²) in [5.41, 5.74) is 1.85. The van der Waals surface area contributed by atoms with Crippen LogP contribution in [-0.4, -0.2) is 26.2 Å². The number of ether oxygens (including phenoxy) is 2. The summed E-state index contributed by atoms with van der Waals surface area (Å²) >= 11 is 6.16. The van der Waals surface area contributed by atoms with E-state index in [0.717, 1.165) is 17.2 Å². The summed E-state index contributed by atoms with van der Waals surface area (Å²) in [7, 11) is 2.50. The third-order valence-corrected chi connectivity index (χ3v) is 3.13. The molecule has 0 aliphatic heterocycles. The average Bonchev–Trinajstić information content (AvgIpc) is 2.41. The van der Waals surface area contributed by atoms with Gasteiger partial charge < -0.3 is 9.47 Å². The molecule has 0 N–H and O–H groups in total. The maximum Gasteiger partial charge on any atom is 0.334 e. The van der Waals surface area contributed by atoms with E-state index in [0.29, 0.717) is 5.02 Å². The Bertz CT molecular complexity index is 520. The van der Waals surface area contributed by atoms with Crippen molar-refractivity contribution in [2.24, 2.45) is 0 Å². The van der Waals surface area contributed by atoms with Gasteiger partial charge >= 0.3 is 11.9 Å². The van der Waals surface area contributed by atoms with Crippen LogP contribution in [0.2, 0.25) is 5.02 Å². The molecule has 0 aliphatic rings. The molecule has 0 radical (unpaired) electrons. The highest BCUT2D eigenvalue weighted by Crippen LogP contribution is 2.23. The molecule has 0 saturated heterocycles. The van der Waals surface area contributed by atoms with Crippen molar-refractivity contribution in [1.29, 1.82) is 0 Å². The predicted molar refractivity (Wildman–Crippen MR) is 72.0 cm³/mol. The van der Waals surface area contributed by atoms with Gasteiger partial charge in [-0.3, -0.25) is 0 Å². The third kappa shape index (κ3) is 4.10. The van der Waals surface area contributed by atoms with E-state index in [2.05, 4.69) is 9.47 Å². The highest BCUT2D eigenvalue weighted by Gasteiger charge is 2.15. The maximum absolute atomic E-state index is 11.6. The fourth-order valence-corrected chi connectivity index (χ4v) is 1.76. The van der Waals surface area contributed by atoms with Gasteiger partial charge in [0, 0.05) is 23.1 Å². The second kappa shape index (κ2) is 6.95. The molecule has 0 saturated carbocycles. The summed E-state index contributed by atoms with van der Waals surface area (Å²) in [6, 6.07) is 5.50. The number of carbonyl (C=O) groups is 2. The summed E-state index contributed by atoms with van der Waals surface area (Å²) in [4.78, 5) is 22.9. The van der Waals surface area contributed by atoms with Gasteiger partial charge in [0.25, 0.3) is 0 Å². The van der Waals surface area contributed by atoms with Crippen molar-refractivity contribution in [2.75, 3.05) is 14.2 Å². The first kappa shape index (κ1) is 15.2. The van der Waals surface area contributed by atoms with Crippen molar-refractivity contribution in [3.05, 3.63) is 46.0 Å². The molecule has 102 valence electrons. The van der Waals surface area contributed by atoms with Crippen LogP contribution < -0.4 is 0 Å². The van der Waals surface area contributed by atoms with E-state index in [1.807, 2.05) is 19.1 Å². The lowest BCUT2D eigenvalue weighted by Crippen LogP contribution is -2.11. The molecule has 0 aromatic heterocycles. The first-order chi connectivity index (χ1) is 8.99. The van der Waals surface area contributed by atoms with Crippen molar-refractivity contribution >= 4 is 23.5 Å². The predicted octanol–water partition coefficient (Wildman–Crippen LogP) is 2.46. The van der Waals surface area contributed by atoms with E-state index in [-0.39, 0.29) is 12.0 Å². The lowest BCUT2D eigenvalue weighted by molar-refractivity contribution is -0.138. The van der Waals surface area contributed by atoms with E-state index < -0.39 is 11.9 Å². The van der Waals surface area contributed by atoms with Gasteiger partial charge in [0.2, 0.25) is 0 Å². The average molecular weight is 283 g/mol. The highest BCUT2D eigenvalue weighted by molar-refractivity contribution is 6.32. The Morgan fingerprint density at radius 2 is 1.95 bits per heavy atom. The zero-order chi connectivity index (χ0) is 14.4. The number of halogens is 1. The Labute approximate surface area is 117 Å². The van der Waals surface area contributed by atoms with E-state index in [9.17, 15) is 9.59 Å². The van der Waals surface area contributed by atoms with Crippen molar-refractivity contribution < 1.29 is 19.1 Å². The molecule has 0 heterocycles. The minimum absolute atomic E-state index is 0.196. The van der Waals surface area contributed by atoms with Gasteiger partial charge in [-0.15, -0.1) is 0 Å². The number of benzene rings is 1. The maximum atomic E-state index is 11.6. The van der Waals surface area contributed by atoms with Gasteiger partial charge in [-0.2, -0.15) is 0 Å². The zero-order valence-corrected chi connectivity index (χ0v) is 11.8. The molecule has 1 aromatic rings. The van der Waals surface area contributed by atoms with E-state index >= 15 is 0 Å². The standard InChI is InChI=1S/C14H15ClO4/c1-9-5-4-6-10(13(9)15)7-11(14(17)19-3)8-12(16)18-2/h4-6,8H,7H2,1-3H3/b11-8-. The number of rotatable bonds is 4. The van der Waals surface area contributed by atoms with Gasteiger partial charge in [0.05, 0.1) is 14.2 Å². The van der Waals surface area contributed by atoms with Gasteiger partial charge in [0.15, 0.2) is 0 Å². The molecular weight excluding hydrogens is 268 g/mol. The molecule has 0 fully saturated rings. The minimum Gasteiger partial charge on any atom is -0.466 e. The van der Waals surface area contributed by atoms with Crippen LogP contribution in [0.4, 0.5) is 0 Å². The highest BCUT2D eigenvalue weighted by atomic mass is 35.5. The quantitative estimate of drug-likeness (QED) is 0.629. The second-order valence-electron chi connectivity index (χ2n) is 3.91. The number of esters is 2. The fraction of sp³-hybridized carbons (Fsp3) is 0.286. The van der Waals surface area contributed by atoms with Crippen LogP contribution in [0.15, 0.2) is 29.8 Å². The van der Waals surface area contributed by atoms with Crippen LogP contribution in [0.25, 0.3) is 0 Å². The normalized spacial score (nSPS) is 11.1. The van der Waals surface area contributed by atoms with Crippen molar-refractivity contribution in [2.45, 2.75) is 13.3 Å². The zero-order valence-electron chi connectivity index (χ0n) is 11.0. The summed E-state index contributed by atoms with van der Waals surface area (Å²) < 4.78 is 9.15. The minimum atomic E-state index is -0.607. The molecule has 0 aliphatic carbocycles. The Morgan fingerprint density at radius 3 is 2.53 bits per heavy atom. The largest absolute Gasteiger partial charge is 0.466 e. The van der Waals surface area contributed by atoms with Crippen molar-refractivity contribution in [3.8, 4) is 0 Å². The Morgan fingerprint density at radius 1 is 1.26 bits per heavy atom. The van der Waals surface area contributed by atoms with Crippen LogP contribution in [0.5, 0.6) is 0 Å². The first-order valence-corrected chi connectivity index (χ1v) is 5.98. The van der Waals surface area contributed by atoms with Crippen LogP contribution in [0.3, 0.4) is 0 Å². The number of methoxy groups -OCH3 is 2. The third-order valence-electron chi connectivity index (χ3n) is 2.59. The smallest absolute Gasteiger partial charge is 0.334 e. The molecule has 0 atom stereocenters. The lowest BCUT2D eigenvalue weighted by atomic mass is 10.0. The SMILES string of the molecule is COC(=O)/C=C(/Cc1cccc(C)c1Cl)C(=O)OC. The van der Waals surface area contributed by atoms with Crippen LogP contribution in [-0.2, 0) is 25.5 Å². The molecule has 1 rings (SSSR count). The van der Waals surface area contributed by atoms with Gasteiger partial charge in [-0.1, -0.05) is 29.8 Å². The van der Waals surface area contributed by atoms with E-state index in [4.69, 9.17) is 11.6 Å². The Hall–Kier alpha value is -1.81. The van der Waals surface area contributed by atoms with Crippen LogP contribution >= 0.6 is 11.6 Å². The van der Waals surface area contributed by atoms with Gasteiger partial charge in [-0.25, -0.2) is 9.59 Å². The summed E-state index contributed by atoms with van der Waals surface area (Å²) in [6.45, 7) is 1.87.